The fourth-order valence-corrected chi connectivity index (χ4v) is 2.74. The highest BCUT2D eigenvalue weighted by atomic mass is 127. The van der Waals surface area contributed by atoms with Gasteiger partial charge in [0.05, 0.1) is 5.56 Å². The lowest BCUT2D eigenvalue weighted by molar-refractivity contribution is 0.0937. The molecule has 0 fully saturated rings. The van der Waals surface area contributed by atoms with Crippen LogP contribution in [0.3, 0.4) is 0 Å². The first-order chi connectivity index (χ1) is 8.99. The number of nitrogens with one attached hydrogen (secondary N) is 1. The Bertz CT molecular complexity index is 435. The molecule has 3 nitrogen and oxygen atoms in total. The highest BCUT2D eigenvalue weighted by molar-refractivity contribution is 14.1. The summed E-state index contributed by atoms with van der Waals surface area (Å²) in [6, 6.07) is 5.68. The molecule has 0 saturated carbocycles. The van der Waals surface area contributed by atoms with Gasteiger partial charge in [0, 0.05) is 21.2 Å². The molecule has 0 saturated heterocycles. The van der Waals surface area contributed by atoms with Gasteiger partial charge in [0.2, 0.25) is 0 Å². The maximum atomic E-state index is 12.1. The Morgan fingerprint density at radius 2 is 2.05 bits per heavy atom. The minimum absolute atomic E-state index is 0.0640. The SMILES string of the molecule is CCN(CC)C(C)CNC(=O)c1cc(Cl)ccc1I. The molecule has 0 aromatic heterocycles. The van der Waals surface area contributed by atoms with E-state index < -0.39 is 0 Å². The van der Waals surface area contributed by atoms with Crippen molar-refractivity contribution in [2.75, 3.05) is 19.6 Å². The zero-order valence-electron chi connectivity index (χ0n) is 11.5. The van der Waals surface area contributed by atoms with Crippen LogP contribution in [-0.2, 0) is 0 Å². The molecule has 1 unspecified atom stereocenters. The largest absolute Gasteiger partial charge is 0.350 e. The molecule has 0 radical (unpaired) electrons. The quantitative estimate of drug-likeness (QED) is 0.750. The van der Waals surface area contributed by atoms with E-state index in [1.165, 1.54) is 0 Å². The molecular weight excluding hydrogens is 375 g/mol. The van der Waals surface area contributed by atoms with E-state index in [9.17, 15) is 4.79 Å². The first-order valence-corrected chi connectivity index (χ1v) is 7.92. The molecule has 0 bridgehead atoms. The van der Waals surface area contributed by atoms with Gasteiger partial charge in [0.15, 0.2) is 0 Å². The number of hydrogen-bond acceptors (Lipinski definition) is 2. The summed E-state index contributed by atoms with van der Waals surface area (Å²) in [5.41, 5.74) is 0.639. The van der Waals surface area contributed by atoms with Gasteiger partial charge in [0.1, 0.15) is 0 Å². The fourth-order valence-electron chi connectivity index (χ4n) is 1.98. The van der Waals surface area contributed by atoms with Gasteiger partial charge < -0.3 is 5.32 Å². The number of hydrogen-bond donors (Lipinski definition) is 1. The molecule has 0 spiro atoms. The maximum absolute atomic E-state index is 12.1. The summed E-state index contributed by atoms with van der Waals surface area (Å²) >= 11 is 8.07. The van der Waals surface area contributed by atoms with Gasteiger partial charge >= 0.3 is 0 Å². The van der Waals surface area contributed by atoms with E-state index in [2.05, 4.69) is 53.6 Å². The number of nitrogens with zero attached hydrogens (tertiary/aromatic N) is 1. The van der Waals surface area contributed by atoms with Crippen LogP contribution >= 0.6 is 34.2 Å². The predicted molar refractivity (Wildman–Crippen MR) is 88.9 cm³/mol. The zero-order valence-corrected chi connectivity index (χ0v) is 14.5. The summed E-state index contributed by atoms with van der Waals surface area (Å²) in [6.07, 6.45) is 0. The average molecular weight is 395 g/mol. The predicted octanol–water partition coefficient (Wildman–Crippen LogP) is 3.40. The molecule has 0 aliphatic heterocycles. The van der Waals surface area contributed by atoms with Crippen LogP contribution in [0.25, 0.3) is 0 Å². The summed E-state index contributed by atoms with van der Waals surface area (Å²) in [5, 5.41) is 3.56. The molecule has 1 aromatic carbocycles. The highest BCUT2D eigenvalue weighted by Crippen LogP contribution is 2.17. The van der Waals surface area contributed by atoms with Crippen molar-refractivity contribution in [2.45, 2.75) is 26.8 Å². The highest BCUT2D eigenvalue weighted by Gasteiger charge is 2.14. The normalized spacial score (nSPS) is 12.5. The smallest absolute Gasteiger partial charge is 0.252 e. The lowest BCUT2D eigenvalue weighted by Crippen LogP contribution is -2.42. The van der Waals surface area contributed by atoms with Crippen molar-refractivity contribution in [3.63, 3.8) is 0 Å². The zero-order chi connectivity index (χ0) is 14.4. The summed E-state index contributed by atoms with van der Waals surface area (Å²) in [7, 11) is 0. The molecule has 1 rings (SSSR count). The minimum atomic E-state index is -0.0640. The molecule has 1 N–H and O–H groups in total. The van der Waals surface area contributed by atoms with Crippen LogP contribution in [0.15, 0.2) is 18.2 Å². The second kappa shape index (κ2) is 8.07. The van der Waals surface area contributed by atoms with Gasteiger partial charge in [-0.05, 0) is 60.8 Å². The van der Waals surface area contributed by atoms with Gasteiger partial charge in [-0.2, -0.15) is 0 Å². The van der Waals surface area contributed by atoms with E-state index in [1.807, 2.05) is 6.07 Å². The van der Waals surface area contributed by atoms with Gasteiger partial charge in [-0.3, -0.25) is 9.69 Å². The maximum Gasteiger partial charge on any atom is 0.252 e. The van der Waals surface area contributed by atoms with Crippen LogP contribution in [-0.4, -0.2) is 36.5 Å². The number of likely N-dealkylation sites (N-methyl/N-ethyl adjacent to an activating group) is 1. The summed E-state index contributed by atoms with van der Waals surface area (Å²) in [4.78, 5) is 14.4. The number of benzene rings is 1. The Morgan fingerprint density at radius 1 is 1.42 bits per heavy atom. The van der Waals surface area contributed by atoms with Crippen LogP contribution in [0.2, 0.25) is 5.02 Å². The fraction of sp³-hybridized carbons (Fsp3) is 0.500. The summed E-state index contributed by atoms with van der Waals surface area (Å²) < 4.78 is 0.912. The van der Waals surface area contributed by atoms with Crippen LogP contribution in [0.5, 0.6) is 0 Å². The van der Waals surface area contributed by atoms with Gasteiger partial charge in [0.25, 0.3) is 5.91 Å². The van der Waals surface area contributed by atoms with E-state index in [4.69, 9.17) is 11.6 Å². The van der Waals surface area contributed by atoms with Gasteiger partial charge in [-0.25, -0.2) is 0 Å². The third-order valence-electron chi connectivity index (χ3n) is 3.17. The third-order valence-corrected chi connectivity index (χ3v) is 4.34. The molecule has 0 aliphatic rings. The summed E-state index contributed by atoms with van der Waals surface area (Å²) in [6.45, 7) is 8.99. The molecule has 106 valence electrons. The molecule has 1 aromatic rings. The first-order valence-electron chi connectivity index (χ1n) is 6.46. The third kappa shape index (κ3) is 4.93. The Balaban J connectivity index is 2.63. The number of carbonyl (C=O) groups excluding carboxylic acids is 1. The second-order valence-corrected chi connectivity index (χ2v) is 6.00. The van der Waals surface area contributed by atoms with Crippen LogP contribution in [0.1, 0.15) is 31.1 Å². The van der Waals surface area contributed by atoms with Crippen molar-refractivity contribution in [1.82, 2.24) is 10.2 Å². The van der Waals surface area contributed by atoms with E-state index in [0.29, 0.717) is 23.2 Å². The lowest BCUT2D eigenvalue weighted by atomic mass is 10.2. The molecule has 1 atom stereocenters. The standard InChI is InChI=1S/C14H20ClIN2O/c1-4-18(5-2)10(3)9-17-14(19)12-8-11(15)6-7-13(12)16/h6-8,10H,4-5,9H2,1-3H3,(H,17,19). The summed E-state index contributed by atoms with van der Waals surface area (Å²) in [5.74, 6) is -0.0640. The number of rotatable bonds is 6. The van der Waals surface area contributed by atoms with E-state index in [1.54, 1.807) is 12.1 Å². The van der Waals surface area contributed by atoms with Gasteiger partial charge in [-0.15, -0.1) is 0 Å². The van der Waals surface area contributed by atoms with Crippen LogP contribution in [0.4, 0.5) is 0 Å². The van der Waals surface area contributed by atoms with Crippen molar-refractivity contribution in [3.8, 4) is 0 Å². The Morgan fingerprint density at radius 3 is 2.63 bits per heavy atom. The molecule has 0 aliphatic carbocycles. The number of halogens is 2. The number of amides is 1. The first kappa shape index (κ1) is 16.7. The molecule has 1 amide bonds. The molecule has 5 heteroatoms. The van der Waals surface area contributed by atoms with Crippen molar-refractivity contribution >= 4 is 40.1 Å². The Labute approximate surface area is 133 Å². The van der Waals surface area contributed by atoms with Gasteiger partial charge in [-0.1, -0.05) is 25.4 Å². The molecular formula is C14H20ClIN2O. The van der Waals surface area contributed by atoms with Crippen molar-refractivity contribution in [2.24, 2.45) is 0 Å². The lowest BCUT2D eigenvalue weighted by Gasteiger charge is -2.26. The van der Waals surface area contributed by atoms with E-state index >= 15 is 0 Å². The second-order valence-electron chi connectivity index (χ2n) is 4.40. The Hall–Kier alpha value is -0.330. The van der Waals surface area contributed by atoms with Crippen molar-refractivity contribution in [3.05, 3.63) is 32.4 Å². The number of carbonyl (C=O) groups is 1. The van der Waals surface area contributed by atoms with E-state index in [0.717, 1.165) is 16.7 Å². The average Bonchev–Trinajstić information content (AvgIpc) is 2.40. The van der Waals surface area contributed by atoms with Crippen molar-refractivity contribution < 1.29 is 4.79 Å². The molecule has 0 heterocycles. The van der Waals surface area contributed by atoms with Crippen LogP contribution in [0, 0.1) is 3.57 Å². The van der Waals surface area contributed by atoms with Crippen LogP contribution < -0.4 is 5.32 Å². The minimum Gasteiger partial charge on any atom is -0.350 e. The van der Waals surface area contributed by atoms with E-state index in [-0.39, 0.29) is 5.91 Å². The topological polar surface area (TPSA) is 32.3 Å². The Kier molecular flexibility index (Phi) is 7.10. The monoisotopic (exact) mass is 394 g/mol. The van der Waals surface area contributed by atoms with Crippen molar-refractivity contribution in [1.29, 1.82) is 0 Å². The molecule has 19 heavy (non-hydrogen) atoms.